The number of carbonyl (C=O) groups is 2. The van der Waals surface area contributed by atoms with E-state index in [1.165, 1.54) is 17.4 Å². The van der Waals surface area contributed by atoms with Crippen LogP contribution in [0.4, 0.5) is 23.9 Å². The summed E-state index contributed by atoms with van der Waals surface area (Å²) in [7, 11) is 0. The average Bonchev–Trinajstić information content (AvgIpc) is 3.04. The van der Waals surface area contributed by atoms with Crippen LogP contribution in [0.2, 0.25) is 0 Å². The van der Waals surface area contributed by atoms with Crippen LogP contribution in [0.5, 0.6) is 0 Å². The van der Waals surface area contributed by atoms with Crippen molar-refractivity contribution in [2.45, 2.75) is 48.4 Å². The number of carbonyl (C=O) groups excluding carboxylic acids is 2. The molecule has 1 aliphatic heterocycles. The van der Waals surface area contributed by atoms with Crippen LogP contribution in [0.25, 0.3) is 0 Å². The van der Waals surface area contributed by atoms with Gasteiger partial charge in [0, 0.05) is 16.2 Å². The van der Waals surface area contributed by atoms with Crippen LogP contribution < -0.4 is 10.6 Å². The minimum atomic E-state index is -4.50. The molecule has 2 amide bonds. The second kappa shape index (κ2) is 7.96. The van der Waals surface area contributed by atoms with E-state index in [4.69, 9.17) is 0 Å². The van der Waals surface area contributed by atoms with Crippen molar-refractivity contribution in [1.82, 2.24) is 0 Å². The number of hydrogen-bond donors (Lipinski definition) is 2. The number of hydrogen-bond acceptors (Lipinski definition) is 5. The van der Waals surface area contributed by atoms with Gasteiger partial charge in [0.1, 0.15) is 11.1 Å². The van der Waals surface area contributed by atoms with Crippen molar-refractivity contribution in [2.75, 3.05) is 10.6 Å². The zero-order valence-electron chi connectivity index (χ0n) is 15.6. The van der Waals surface area contributed by atoms with E-state index in [1.54, 1.807) is 0 Å². The number of amides is 2. The average molecular weight is 451 g/mol. The van der Waals surface area contributed by atoms with E-state index < -0.39 is 28.8 Å². The molecule has 2 aliphatic rings. The molecule has 1 atom stereocenters. The van der Waals surface area contributed by atoms with Gasteiger partial charge in [-0.3, -0.25) is 9.59 Å². The molecule has 4 rings (SSSR count). The molecule has 1 aromatic carbocycles. The Kier molecular flexibility index (Phi) is 5.51. The van der Waals surface area contributed by atoms with Gasteiger partial charge in [0.15, 0.2) is 0 Å². The van der Waals surface area contributed by atoms with Gasteiger partial charge < -0.3 is 10.6 Å². The summed E-state index contributed by atoms with van der Waals surface area (Å²) in [6, 6.07) is 5.32. The summed E-state index contributed by atoms with van der Waals surface area (Å²) in [5.74, 6) is -0.930. The summed E-state index contributed by atoms with van der Waals surface area (Å²) in [6.07, 6.45) is -0.867. The maximum absolute atomic E-state index is 12.9. The van der Waals surface area contributed by atoms with Gasteiger partial charge in [0.05, 0.1) is 22.1 Å². The maximum atomic E-state index is 12.9. The second-order valence-electron chi connectivity index (χ2n) is 7.08. The number of thiophene rings is 1. The minimum absolute atomic E-state index is 0.0918. The number of benzene rings is 1. The standard InChI is InChI=1S/C20H16F3N3O2S2/c21-20(22,23)10-5-6-15-13(7-10)25-18(28)16(29-15)8-17(27)26-19-12(9-24)11-3-1-2-4-14(11)30-19/h5-7,16H,1-4,8H2,(H,25,28)(H,26,27)/t16-/m0/s1. The van der Waals surface area contributed by atoms with Crippen LogP contribution in [0.3, 0.4) is 0 Å². The fraction of sp³-hybridized carbons (Fsp3) is 0.350. The van der Waals surface area contributed by atoms with Crippen molar-refractivity contribution < 1.29 is 22.8 Å². The normalized spacial score (nSPS) is 18.1. The molecule has 0 saturated heterocycles. The summed E-state index contributed by atoms with van der Waals surface area (Å²) in [5, 5.41) is 14.4. The summed E-state index contributed by atoms with van der Waals surface area (Å²) in [6.45, 7) is 0. The van der Waals surface area contributed by atoms with Crippen molar-refractivity contribution in [3.8, 4) is 6.07 Å². The molecule has 1 aliphatic carbocycles. The van der Waals surface area contributed by atoms with Gasteiger partial charge in [0.2, 0.25) is 11.8 Å². The Morgan fingerprint density at radius 3 is 2.80 bits per heavy atom. The molecule has 0 bridgehead atoms. The van der Waals surface area contributed by atoms with E-state index in [9.17, 15) is 28.0 Å². The zero-order valence-corrected chi connectivity index (χ0v) is 17.2. The van der Waals surface area contributed by atoms with Crippen LogP contribution in [-0.4, -0.2) is 17.1 Å². The predicted molar refractivity (Wildman–Crippen MR) is 109 cm³/mol. The highest BCUT2D eigenvalue weighted by Gasteiger charge is 2.34. The maximum Gasteiger partial charge on any atom is 0.416 e. The molecule has 0 saturated carbocycles. The number of nitrogens with one attached hydrogen (secondary N) is 2. The van der Waals surface area contributed by atoms with E-state index in [0.29, 0.717) is 15.5 Å². The molecule has 1 aromatic heterocycles. The molecule has 0 spiro atoms. The highest BCUT2D eigenvalue weighted by molar-refractivity contribution is 8.01. The molecule has 10 heteroatoms. The van der Waals surface area contributed by atoms with Crippen molar-refractivity contribution in [1.29, 1.82) is 5.26 Å². The Balaban J connectivity index is 1.47. The molecule has 0 unspecified atom stereocenters. The number of nitriles is 1. The molecule has 2 aromatic rings. The largest absolute Gasteiger partial charge is 0.416 e. The lowest BCUT2D eigenvalue weighted by atomic mass is 9.96. The van der Waals surface area contributed by atoms with Gasteiger partial charge in [-0.25, -0.2) is 0 Å². The number of nitrogens with zero attached hydrogens (tertiary/aromatic N) is 1. The third kappa shape index (κ3) is 4.04. The molecular weight excluding hydrogens is 435 g/mol. The molecular formula is C20H16F3N3O2S2. The fourth-order valence-corrected chi connectivity index (χ4v) is 5.93. The van der Waals surface area contributed by atoms with Gasteiger partial charge >= 0.3 is 6.18 Å². The van der Waals surface area contributed by atoms with Crippen LogP contribution in [-0.2, 0) is 28.6 Å². The molecule has 2 N–H and O–H groups in total. The number of halogens is 3. The summed E-state index contributed by atoms with van der Waals surface area (Å²) in [4.78, 5) is 26.5. The Labute approximate surface area is 178 Å². The zero-order chi connectivity index (χ0) is 21.5. The van der Waals surface area contributed by atoms with E-state index in [0.717, 1.165) is 60.0 Å². The number of alkyl halides is 3. The monoisotopic (exact) mass is 451 g/mol. The first kappa shape index (κ1) is 20.8. The number of thioether (sulfide) groups is 1. The first-order valence-electron chi connectivity index (χ1n) is 9.29. The first-order valence-corrected chi connectivity index (χ1v) is 11.0. The first-order chi connectivity index (χ1) is 14.3. The van der Waals surface area contributed by atoms with Gasteiger partial charge in [0.25, 0.3) is 0 Å². The fourth-order valence-electron chi connectivity index (χ4n) is 3.58. The van der Waals surface area contributed by atoms with Crippen molar-refractivity contribution in [2.24, 2.45) is 0 Å². The van der Waals surface area contributed by atoms with Crippen LogP contribution in [0.1, 0.15) is 40.8 Å². The van der Waals surface area contributed by atoms with Crippen LogP contribution in [0, 0.1) is 11.3 Å². The smallest absolute Gasteiger partial charge is 0.324 e. The van der Waals surface area contributed by atoms with Gasteiger partial charge in [-0.05, 0) is 49.4 Å². The Morgan fingerprint density at radius 1 is 1.30 bits per heavy atom. The van der Waals surface area contributed by atoms with Crippen molar-refractivity contribution >= 4 is 45.6 Å². The van der Waals surface area contributed by atoms with Crippen LogP contribution in [0.15, 0.2) is 23.1 Å². The molecule has 156 valence electrons. The third-order valence-electron chi connectivity index (χ3n) is 5.03. The van der Waals surface area contributed by atoms with Gasteiger partial charge in [-0.2, -0.15) is 18.4 Å². The molecule has 2 heterocycles. The Hall–Kier alpha value is -2.51. The lowest BCUT2D eigenvalue weighted by Crippen LogP contribution is -2.32. The summed E-state index contributed by atoms with van der Waals surface area (Å²) < 4.78 is 38.6. The minimum Gasteiger partial charge on any atom is -0.324 e. The van der Waals surface area contributed by atoms with Crippen molar-refractivity contribution in [3.63, 3.8) is 0 Å². The molecule has 0 fully saturated rings. The molecule has 30 heavy (non-hydrogen) atoms. The predicted octanol–water partition coefficient (Wildman–Crippen LogP) is 4.96. The third-order valence-corrected chi connectivity index (χ3v) is 7.52. The number of aryl methyl sites for hydroxylation is 1. The highest BCUT2D eigenvalue weighted by Crippen LogP contribution is 2.41. The van der Waals surface area contributed by atoms with Crippen LogP contribution >= 0.6 is 23.1 Å². The SMILES string of the molecule is N#Cc1c(NC(=O)C[C@@H]2Sc3ccc(C(F)(F)F)cc3NC2=O)sc2c1CCCC2. The molecule has 0 radical (unpaired) electrons. The summed E-state index contributed by atoms with van der Waals surface area (Å²) >= 11 is 2.46. The van der Waals surface area contributed by atoms with E-state index in [1.807, 2.05) is 0 Å². The van der Waals surface area contributed by atoms with Gasteiger partial charge in [-0.1, -0.05) is 0 Å². The molecule has 5 nitrogen and oxygen atoms in total. The number of fused-ring (bicyclic) bond motifs is 2. The van der Waals surface area contributed by atoms with E-state index >= 15 is 0 Å². The second-order valence-corrected chi connectivity index (χ2v) is 9.43. The number of rotatable bonds is 3. The summed E-state index contributed by atoms with van der Waals surface area (Å²) in [5.41, 5.74) is 0.746. The van der Waals surface area contributed by atoms with Crippen molar-refractivity contribution in [3.05, 3.63) is 39.8 Å². The highest BCUT2D eigenvalue weighted by atomic mass is 32.2. The lowest BCUT2D eigenvalue weighted by Gasteiger charge is -2.24. The van der Waals surface area contributed by atoms with Gasteiger partial charge in [-0.15, -0.1) is 23.1 Å². The van der Waals surface area contributed by atoms with E-state index in [2.05, 4.69) is 16.7 Å². The number of anilines is 2. The lowest BCUT2D eigenvalue weighted by molar-refractivity contribution is -0.137. The Bertz CT molecular complexity index is 1070. The topological polar surface area (TPSA) is 82.0 Å². The quantitative estimate of drug-likeness (QED) is 0.691. The van der Waals surface area contributed by atoms with E-state index in [-0.39, 0.29) is 12.1 Å². The Morgan fingerprint density at radius 2 is 2.07 bits per heavy atom.